The molecule has 0 bridgehead atoms. The molecule has 1 amide bonds. The van der Waals surface area contributed by atoms with Gasteiger partial charge in [0.1, 0.15) is 0 Å². The molecule has 1 heterocycles. The summed E-state index contributed by atoms with van der Waals surface area (Å²) in [6.07, 6.45) is 0. The Morgan fingerprint density at radius 2 is 2.00 bits per heavy atom. The molecule has 3 N–H and O–H groups in total. The van der Waals surface area contributed by atoms with Crippen LogP contribution >= 0.6 is 0 Å². The molecule has 0 fully saturated rings. The molecule has 2 rings (SSSR count). The highest BCUT2D eigenvalue weighted by Gasteiger charge is 2.40. The van der Waals surface area contributed by atoms with Crippen molar-refractivity contribution >= 4 is 21.6 Å². The third kappa shape index (κ3) is 2.32. The van der Waals surface area contributed by atoms with Crippen molar-refractivity contribution < 1.29 is 18.3 Å². The molecule has 1 aliphatic heterocycles. The van der Waals surface area contributed by atoms with Crippen molar-refractivity contribution in [2.75, 3.05) is 18.5 Å². The van der Waals surface area contributed by atoms with Gasteiger partial charge in [-0.1, -0.05) is 0 Å². The lowest BCUT2D eigenvalue weighted by atomic mass is 9.85. The summed E-state index contributed by atoms with van der Waals surface area (Å²) < 4.78 is 26.5. The fourth-order valence-corrected chi connectivity index (χ4v) is 3.36. The predicted octanol–water partition coefficient (Wildman–Crippen LogP) is 0.495. The van der Waals surface area contributed by atoms with Crippen LogP contribution in [0.25, 0.3) is 0 Å². The lowest BCUT2D eigenvalue weighted by Gasteiger charge is -2.16. The van der Waals surface area contributed by atoms with Gasteiger partial charge in [-0.25, -0.2) is 13.1 Å². The first kappa shape index (κ1) is 15.0. The van der Waals surface area contributed by atoms with Crippen LogP contribution in [-0.2, 0) is 20.2 Å². The molecule has 6 nitrogen and oxygen atoms in total. The number of hydrogen-bond acceptors (Lipinski definition) is 4. The van der Waals surface area contributed by atoms with E-state index in [2.05, 4.69) is 10.0 Å². The SMILES string of the molecule is Cc1cc(S(=O)(=O)NCCO)cc2c1NC(=O)C2(C)C. The van der Waals surface area contributed by atoms with Gasteiger partial charge in [0.2, 0.25) is 15.9 Å². The fraction of sp³-hybridized carbons (Fsp3) is 0.462. The molecule has 0 unspecified atom stereocenters. The Bertz CT molecular complexity index is 665. The van der Waals surface area contributed by atoms with E-state index in [0.29, 0.717) is 16.8 Å². The number of aliphatic hydroxyl groups is 1. The van der Waals surface area contributed by atoms with Crippen LogP contribution in [0.2, 0.25) is 0 Å². The molecule has 1 aromatic rings. The van der Waals surface area contributed by atoms with E-state index in [1.807, 2.05) is 0 Å². The minimum absolute atomic E-state index is 0.0426. The number of fused-ring (bicyclic) bond motifs is 1. The number of benzene rings is 1. The van der Waals surface area contributed by atoms with Crippen LogP contribution < -0.4 is 10.0 Å². The molecule has 20 heavy (non-hydrogen) atoms. The van der Waals surface area contributed by atoms with E-state index >= 15 is 0 Å². The monoisotopic (exact) mass is 298 g/mol. The second-order valence-electron chi connectivity index (χ2n) is 5.36. The van der Waals surface area contributed by atoms with E-state index in [1.54, 1.807) is 20.8 Å². The first-order valence-electron chi connectivity index (χ1n) is 6.27. The molecular weight excluding hydrogens is 280 g/mol. The van der Waals surface area contributed by atoms with E-state index in [1.165, 1.54) is 12.1 Å². The van der Waals surface area contributed by atoms with Gasteiger partial charge in [-0.3, -0.25) is 4.79 Å². The molecule has 0 radical (unpaired) electrons. The van der Waals surface area contributed by atoms with E-state index < -0.39 is 15.4 Å². The van der Waals surface area contributed by atoms with Gasteiger partial charge in [0.25, 0.3) is 0 Å². The summed E-state index contributed by atoms with van der Waals surface area (Å²) in [6.45, 7) is 4.95. The number of carbonyl (C=O) groups excluding carboxylic acids is 1. The van der Waals surface area contributed by atoms with Crippen LogP contribution in [0, 0.1) is 6.92 Å². The van der Waals surface area contributed by atoms with Crippen molar-refractivity contribution in [1.82, 2.24) is 4.72 Å². The number of hydrogen-bond donors (Lipinski definition) is 3. The first-order valence-corrected chi connectivity index (χ1v) is 7.75. The van der Waals surface area contributed by atoms with Crippen molar-refractivity contribution in [3.8, 4) is 0 Å². The first-order chi connectivity index (χ1) is 9.20. The van der Waals surface area contributed by atoms with Gasteiger partial charge >= 0.3 is 0 Å². The summed E-state index contributed by atoms with van der Waals surface area (Å²) in [5, 5.41) is 11.5. The Morgan fingerprint density at radius 1 is 1.35 bits per heavy atom. The molecule has 0 saturated heterocycles. The van der Waals surface area contributed by atoms with Crippen LogP contribution in [0.1, 0.15) is 25.0 Å². The number of anilines is 1. The smallest absolute Gasteiger partial charge is 0.240 e. The number of carbonyl (C=O) groups is 1. The van der Waals surface area contributed by atoms with Gasteiger partial charge in [0, 0.05) is 12.2 Å². The highest BCUT2D eigenvalue weighted by molar-refractivity contribution is 7.89. The topological polar surface area (TPSA) is 95.5 Å². The zero-order valence-corrected chi connectivity index (χ0v) is 12.5. The molecule has 7 heteroatoms. The van der Waals surface area contributed by atoms with Crippen molar-refractivity contribution in [1.29, 1.82) is 0 Å². The summed E-state index contributed by atoms with van der Waals surface area (Å²) in [4.78, 5) is 12.0. The predicted molar refractivity (Wildman–Crippen MR) is 75.1 cm³/mol. The van der Waals surface area contributed by atoms with Crippen LogP contribution in [0.4, 0.5) is 5.69 Å². The van der Waals surface area contributed by atoms with E-state index in [-0.39, 0.29) is 24.0 Å². The Hall–Kier alpha value is -1.44. The van der Waals surface area contributed by atoms with Crippen molar-refractivity contribution in [2.45, 2.75) is 31.1 Å². The number of sulfonamides is 1. The van der Waals surface area contributed by atoms with Crippen LogP contribution in [0.15, 0.2) is 17.0 Å². The number of aliphatic hydroxyl groups excluding tert-OH is 1. The Kier molecular flexibility index (Phi) is 3.62. The van der Waals surface area contributed by atoms with Crippen molar-refractivity contribution in [2.24, 2.45) is 0 Å². The third-order valence-corrected chi connectivity index (χ3v) is 4.94. The van der Waals surface area contributed by atoms with Crippen LogP contribution in [0.3, 0.4) is 0 Å². The molecule has 0 aliphatic carbocycles. The van der Waals surface area contributed by atoms with E-state index in [9.17, 15) is 13.2 Å². The zero-order valence-electron chi connectivity index (χ0n) is 11.6. The average Bonchev–Trinajstić information content (AvgIpc) is 2.59. The Morgan fingerprint density at radius 3 is 2.60 bits per heavy atom. The number of aryl methyl sites for hydroxylation is 1. The molecule has 0 atom stereocenters. The van der Waals surface area contributed by atoms with Gasteiger partial charge in [-0.2, -0.15) is 0 Å². The van der Waals surface area contributed by atoms with Crippen LogP contribution in [0.5, 0.6) is 0 Å². The summed E-state index contributed by atoms with van der Waals surface area (Å²) >= 11 is 0. The Balaban J connectivity index is 2.54. The average molecular weight is 298 g/mol. The van der Waals surface area contributed by atoms with Gasteiger partial charge in [-0.05, 0) is 44.0 Å². The Labute approximate surface area is 118 Å². The summed E-state index contributed by atoms with van der Waals surface area (Å²) in [5.74, 6) is -0.145. The summed E-state index contributed by atoms with van der Waals surface area (Å²) in [7, 11) is -3.68. The minimum Gasteiger partial charge on any atom is -0.395 e. The van der Waals surface area contributed by atoms with Gasteiger partial charge < -0.3 is 10.4 Å². The largest absolute Gasteiger partial charge is 0.395 e. The molecule has 110 valence electrons. The maximum Gasteiger partial charge on any atom is 0.240 e. The number of rotatable bonds is 4. The molecular formula is C13H18N2O4S. The van der Waals surface area contributed by atoms with Crippen molar-refractivity contribution in [3.63, 3.8) is 0 Å². The number of amides is 1. The zero-order chi connectivity index (χ0) is 15.1. The van der Waals surface area contributed by atoms with E-state index in [4.69, 9.17) is 5.11 Å². The van der Waals surface area contributed by atoms with Gasteiger partial charge in [0.05, 0.1) is 16.9 Å². The molecule has 0 aromatic heterocycles. The maximum atomic E-state index is 12.1. The normalized spacial score (nSPS) is 16.9. The molecule has 0 spiro atoms. The highest BCUT2D eigenvalue weighted by Crippen LogP contribution is 2.40. The van der Waals surface area contributed by atoms with Crippen LogP contribution in [-0.4, -0.2) is 32.6 Å². The fourth-order valence-electron chi connectivity index (χ4n) is 2.22. The maximum absolute atomic E-state index is 12.1. The summed E-state index contributed by atoms with van der Waals surface area (Å²) in [5.41, 5.74) is 1.29. The van der Waals surface area contributed by atoms with Crippen molar-refractivity contribution in [3.05, 3.63) is 23.3 Å². The second kappa shape index (κ2) is 4.83. The lowest BCUT2D eigenvalue weighted by molar-refractivity contribution is -0.119. The second-order valence-corrected chi connectivity index (χ2v) is 7.13. The van der Waals surface area contributed by atoms with E-state index in [0.717, 1.165) is 0 Å². The van der Waals surface area contributed by atoms with Gasteiger partial charge in [0.15, 0.2) is 0 Å². The quantitative estimate of drug-likeness (QED) is 0.754. The minimum atomic E-state index is -3.68. The molecule has 1 aliphatic rings. The molecule has 1 aromatic carbocycles. The number of nitrogens with one attached hydrogen (secondary N) is 2. The highest BCUT2D eigenvalue weighted by atomic mass is 32.2. The summed E-state index contributed by atoms with van der Waals surface area (Å²) in [6, 6.07) is 3.03. The van der Waals surface area contributed by atoms with Gasteiger partial charge in [-0.15, -0.1) is 0 Å². The third-order valence-electron chi connectivity index (χ3n) is 3.50. The molecule has 0 saturated carbocycles. The lowest BCUT2D eigenvalue weighted by Crippen LogP contribution is -2.28. The standard InChI is InChI=1S/C13H18N2O4S/c1-8-6-9(20(18,19)14-4-5-16)7-10-11(8)15-12(17)13(10,2)3/h6-7,14,16H,4-5H2,1-3H3,(H,15,17).